The standard InChI is InChI=1S/C24H24N2O3/c27-23(25-17-20-9-6-16-29-20)19-12-14-26(15-13-19)24(28)22-11-5-4-10-21(22)18-7-2-1-3-8-18/h1-11,16,19H,12-15,17H2,(H,25,27). The minimum absolute atomic E-state index is 0.0261. The van der Waals surface area contributed by atoms with Gasteiger partial charge in [-0.05, 0) is 42.2 Å². The SMILES string of the molecule is O=C(NCc1ccco1)C1CCN(C(=O)c2ccccc2-c2ccccc2)CC1. The summed E-state index contributed by atoms with van der Waals surface area (Å²) >= 11 is 0. The first-order chi connectivity index (χ1) is 14.2. The molecule has 0 saturated carbocycles. The summed E-state index contributed by atoms with van der Waals surface area (Å²) in [7, 11) is 0. The van der Waals surface area contributed by atoms with Crippen LogP contribution in [0.4, 0.5) is 0 Å². The van der Waals surface area contributed by atoms with Crippen LogP contribution in [0.15, 0.2) is 77.4 Å². The molecule has 2 amide bonds. The number of benzene rings is 2. The Kier molecular flexibility index (Phi) is 5.75. The molecule has 29 heavy (non-hydrogen) atoms. The first-order valence-corrected chi connectivity index (χ1v) is 9.96. The fourth-order valence-corrected chi connectivity index (χ4v) is 3.79. The number of nitrogens with zero attached hydrogens (tertiary/aromatic N) is 1. The lowest BCUT2D eigenvalue weighted by atomic mass is 9.94. The van der Waals surface area contributed by atoms with Crippen LogP contribution in [-0.2, 0) is 11.3 Å². The van der Waals surface area contributed by atoms with Crippen LogP contribution >= 0.6 is 0 Å². The Morgan fingerprint density at radius 3 is 2.38 bits per heavy atom. The monoisotopic (exact) mass is 388 g/mol. The highest BCUT2D eigenvalue weighted by molar-refractivity contribution is 6.01. The zero-order chi connectivity index (χ0) is 20.1. The van der Waals surface area contributed by atoms with Gasteiger partial charge in [-0.1, -0.05) is 48.5 Å². The summed E-state index contributed by atoms with van der Waals surface area (Å²) in [5, 5.41) is 2.93. The summed E-state index contributed by atoms with van der Waals surface area (Å²) in [6, 6.07) is 21.3. The molecule has 1 aliphatic rings. The van der Waals surface area contributed by atoms with Crippen LogP contribution in [0.2, 0.25) is 0 Å². The summed E-state index contributed by atoms with van der Waals surface area (Å²) < 4.78 is 5.25. The van der Waals surface area contributed by atoms with Gasteiger partial charge in [0.25, 0.3) is 5.91 Å². The van der Waals surface area contributed by atoms with Gasteiger partial charge in [-0.15, -0.1) is 0 Å². The lowest BCUT2D eigenvalue weighted by Crippen LogP contribution is -2.43. The van der Waals surface area contributed by atoms with Crippen LogP contribution in [0.1, 0.15) is 29.0 Å². The van der Waals surface area contributed by atoms with E-state index in [1.807, 2.05) is 65.6 Å². The third-order valence-electron chi connectivity index (χ3n) is 5.41. The predicted octanol–water partition coefficient (Wildman–Crippen LogP) is 4.12. The minimum atomic E-state index is -0.0709. The van der Waals surface area contributed by atoms with Crippen LogP contribution in [0.5, 0.6) is 0 Å². The number of hydrogen-bond donors (Lipinski definition) is 1. The number of carbonyl (C=O) groups is 2. The third-order valence-corrected chi connectivity index (χ3v) is 5.41. The molecule has 0 atom stereocenters. The second-order valence-corrected chi connectivity index (χ2v) is 7.28. The van der Waals surface area contributed by atoms with Gasteiger partial charge in [0.05, 0.1) is 12.8 Å². The first-order valence-electron chi connectivity index (χ1n) is 9.96. The van der Waals surface area contributed by atoms with E-state index in [0.29, 0.717) is 38.0 Å². The molecular weight excluding hydrogens is 364 g/mol. The van der Waals surface area contributed by atoms with Crippen molar-refractivity contribution in [3.8, 4) is 11.1 Å². The van der Waals surface area contributed by atoms with E-state index in [-0.39, 0.29) is 17.7 Å². The molecule has 1 aliphatic heterocycles. The Morgan fingerprint density at radius 2 is 1.66 bits per heavy atom. The maximum absolute atomic E-state index is 13.2. The van der Waals surface area contributed by atoms with E-state index in [2.05, 4.69) is 5.32 Å². The number of amides is 2. The van der Waals surface area contributed by atoms with E-state index < -0.39 is 0 Å². The van der Waals surface area contributed by atoms with Gasteiger partial charge in [-0.3, -0.25) is 9.59 Å². The number of piperidine rings is 1. The molecule has 1 aromatic heterocycles. The van der Waals surface area contributed by atoms with Crippen molar-refractivity contribution in [1.82, 2.24) is 10.2 Å². The molecule has 0 radical (unpaired) electrons. The molecule has 3 aromatic rings. The molecule has 0 unspecified atom stereocenters. The maximum Gasteiger partial charge on any atom is 0.254 e. The van der Waals surface area contributed by atoms with Gasteiger partial charge in [0, 0.05) is 24.6 Å². The van der Waals surface area contributed by atoms with E-state index in [4.69, 9.17) is 4.42 Å². The summed E-state index contributed by atoms with van der Waals surface area (Å²) in [6.07, 6.45) is 2.94. The van der Waals surface area contributed by atoms with Gasteiger partial charge < -0.3 is 14.6 Å². The molecule has 0 bridgehead atoms. The Balaban J connectivity index is 1.38. The van der Waals surface area contributed by atoms with Crippen LogP contribution in [0.3, 0.4) is 0 Å². The van der Waals surface area contributed by atoms with Crippen LogP contribution in [0, 0.1) is 5.92 Å². The van der Waals surface area contributed by atoms with Gasteiger partial charge in [0.2, 0.25) is 5.91 Å². The van der Waals surface area contributed by atoms with Crippen molar-refractivity contribution in [2.45, 2.75) is 19.4 Å². The first kappa shape index (κ1) is 19.0. The normalized spacial score (nSPS) is 14.6. The van der Waals surface area contributed by atoms with Crippen molar-refractivity contribution >= 4 is 11.8 Å². The van der Waals surface area contributed by atoms with Crippen LogP contribution < -0.4 is 5.32 Å². The fraction of sp³-hybridized carbons (Fsp3) is 0.250. The molecule has 5 nitrogen and oxygen atoms in total. The Morgan fingerprint density at radius 1 is 0.931 bits per heavy atom. The van der Waals surface area contributed by atoms with E-state index in [9.17, 15) is 9.59 Å². The van der Waals surface area contributed by atoms with Gasteiger partial charge >= 0.3 is 0 Å². The molecule has 5 heteroatoms. The zero-order valence-electron chi connectivity index (χ0n) is 16.2. The number of furan rings is 1. The minimum Gasteiger partial charge on any atom is -0.467 e. The van der Waals surface area contributed by atoms with Gasteiger partial charge in [0.15, 0.2) is 0 Å². The summed E-state index contributed by atoms with van der Waals surface area (Å²) in [4.78, 5) is 27.4. The molecule has 148 valence electrons. The van der Waals surface area contributed by atoms with Gasteiger partial charge in [0.1, 0.15) is 5.76 Å². The second-order valence-electron chi connectivity index (χ2n) is 7.28. The quantitative estimate of drug-likeness (QED) is 0.715. The number of nitrogens with one attached hydrogen (secondary N) is 1. The fourth-order valence-electron chi connectivity index (χ4n) is 3.79. The van der Waals surface area contributed by atoms with Gasteiger partial charge in [-0.2, -0.15) is 0 Å². The Labute approximate surface area is 170 Å². The van der Waals surface area contributed by atoms with Crippen molar-refractivity contribution in [1.29, 1.82) is 0 Å². The highest BCUT2D eigenvalue weighted by atomic mass is 16.3. The number of carbonyl (C=O) groups excluding carboxylic acids is 2. The zero-order valence-corrected chi connectivity index (χ0v) is 16.2. The third kappa shape index (κ3) is 4.40. The molecule has 1 saturated heterocycles. The van der Waals surface area contributed by atoms with Crippen molar-refractivity contribution in [3.63, 3.8) is 0 Å². The smallest absolute Gasteiger partial charge is 0.254 e. The number of likely N-dealkylation sites (tertiary alicyclic amines) is 1. The highest BCUT2D eigenvalue weighted by Gasteiger charge is 2.28. The largest absolute Gasteiger partial charge is 0.467 e. The van der Waals surface area contributed by atoms with E-state index in [1.165, 1.54) is 0 Å². The average Bonchev–Trinajstić information content (AvgIpc) is 3.31. The molecule has 4 rings (SSSR count). The van der Waals surface area contributed by atoms with Crippen molar-refractivity contribution < 1.29 is 14.0 Å². The van der Waals surface area contributed by atoms with Crippen molar-refractivity contribution in [3.05, 3.63) is 84.3 Å². The van der Waals surface area contributed by atoms with Crippen molar-refractivity contribution in [2.24, 2.45) is 5.92 Å². The van der Waals surface area contributed by atoms with Crippen LogP contribution in [-0.4, -0.2) is 29.8 Å². The van der Waals surface area contributed by atoms with E-state index in [1.54, 1.807) is 12.3 Å². The number of rotatable bonds is 5. The highest BCUT2D eigenvalue weighted by Crippen LogP contribution is 2.26. The Bertz CT molecular complexity index is 959. The van der Waals surface area contributed by atoms with Crippen molar-refractivity contribution in [2.75, 3.05) is 13.1 Å². The average molecular weight is 388 g/mol. The molecule has 2 heterocycles. The molecule has 2 aromatic carbocycles. The lowest BCUT2D eigenvalue weighted by Gasteiger charge is -2.31. The summed E-state index contributed by atoms with van der Waals surface area (Å²) in [6.45, 7) is 1.57. The molecule has 1 fully saturated rings. The molecular formula is C24H24N2O3. The summed E-state index contributed by atoms with van der Waals surface area (Å²) in [5.74, 6) is 0.721. The van der Waals surface area contributed by atoms with Gasteiger partial charge in [-0.25, -0.2) is 0 Å². The topological polar surface area (TPSA) is 62.6 Å². The second kappa shape index (κ2) is 8.78. The lowest BCUT2D eigenvalue weighted by molar-refractivity contribution is -0.126. The number of hydrogen-bond acceptors (Lipinski definition) is 3. The predicted molar refractivity (Wildman–Crippen MR) is 111 cm³/mol. The van der Waals surface area contributed by atoms with Crippen LogP contribution in [0.25, 0.3) is 11.1 Å². The Hall–Kier alpha value is -3.34. The maximum atomic E-state index is 13.2. The molecule has 0 aliphatic carbocycles. The summed E-state index contributed by atoms with van der Waals surface area (Å²) in [5.41, 5.74) is 2.68. The molecule has 1 N–H and O–H groups in total. The van der Waals surface area contributed by atoms with E-state index in [0.717, 1.165) is 16.9 Å². The molecule has 0 spiro atoms. The van der Waals surface area contributed by atoms with E-state index >= 15 is 0 Å².